The molecule has 3 heterocycles. The molecule has 2 fully saturated rings. The van der Waals surface area contributed by atoms with Gasteiger partial charge in [0.15, 0.2) is 0 Å². The molecule has 0 aromatic heterocycles. The molecule has 37 heavy (non-hydrogen) atoms. The van der Waals surface area contributed by atoms with Gasteiger partial charge in [0.25, 0.3) is 11.8 Å². The predicted molar refractivity (Wildman–Crippen MR) is 137 cm³/mol. The Balaban J connectivity index is 1.27. The van der Waals surface area contributed by atoms with Crippen LogP contribution in [0.1, 0.15) is 83.7 Å². The van der Waals surface area contributed by atoms with Crippen molar-refractivity contribution in [1.29, 1.82) is 0 Å². The molecular weight excluding hydrogens is 470 g/mol. The van der Waals surface area contributed by atoms with E-state index in [1.54, 1.807) is 12.1 Å². The molecule has 0 spiro atoms. The van der Waals surface area contributed by atoms with Gasteiger partial charge in [-0.25, -0.2) is 0 Å². The Morgan fingerprint density at radius 3 is 2.68 bits per heavy atom. The van der Waals surface area contributed by atoms with E-state index >= 15 is 0 Å². The lowest BCUT2D eigenvalue weighted by atomic mass is 9.94. The van der Waals surface area contributed by atoms with Gasteiger partial charge in [-0.05, 0) is 67.0 Å². The van der Waals surface area contributed by atoms with Gasteiger partial charge < -0.3 is 14.5 Å². The summed E-state index contributed by atoms with van der Waals surface area (Å²) >= 11 is 0. The van der Waals surface area contributed by atoms with E-state index in [0.717, 1.165) is 36.0 Å². The number of benzene rings is 2. The second kappa shape index (κ2) is 10.4. The summed E-state index contributed by atoms with van der Waals surface area (Å²) in [5, 5.41) is 2.33. The van der Waals surface area contributed by atoms with E-state index in [2.05, 4.69) is 19.2 Å². The minimum atomic E-state index is -0.641. The Hall–Kier alpha value is -3.68. The Kier molecular flexibility index (Phi) is 7.00. The molecule has 3 aliphatic heterocycles. The molecule has 3 aliphatic rings. The van der Waals surface area contributed by atoms with Gasteiger partial charge in [-0.1, -0.05) is 32.0 Å². The zero-order valence-electron chi connectivity index (χ0n) is 21.4. The third kappa shape index (κ3) is 4.97. The number of hydrogen-bond donors (Lipinski definition) is 1. The van der Waals surface area contributed by atoms with Gasteiger partial charge in [0.2, 0.25) is 11.8 Å². The first-order chi connectivity index (χ1) is 17.8. The number of carbonyl (C=O) groups is 4. The maximum atomic E-state index is 13.5. The maximum Gasteiger partial charge on any atom is 0.255 e. The van der Waals surface area contributed by atoms with Gasteiger partial charge in [-0.15, -0.1) is 0 Å². The summed E-state index contributed by atoms with van der Waals surface area (Å²) in [4.78, 5) is 53.8. The first-order valence-electron chi connectivity index (χ1n) is 13.1. The molecule has 0 bridgehead atoms. The minimum Gasteiger partial charge on any atom is -0.491 e. The van der Waals surface area contributed by atoms with E-state index in [1.165, 1.54) is 4.90 Å². The number of imide groups is 1. The molecule has 0 aliphatic carbocycles. The second-order valence-corrected chi connectivity index (χ2v) is 10.4. The molecule has 8 heteroatoms. The molecule has 2 aromatic carbocycles. The van der Waals surface area contributed by atoms with Crippen molar-refractivity contribution in [3.05, 3.63) is 64.7 Å². The van der Waals surface area contributed by atoms with E-state index in [0.29, 0.717) is 37.4 Å². The highest BCUT2D eigenvalue weighted by atomic mass is 16.5. The number of piperidine rings is 2. The van der Waals surface area contributed by atoms with E-state index in [1.807, 2.05) is 35.2 Å². The van der Waals surface area contributed by atoms with Crippen LogP contribution < -0.4 is 10.1 Å². The highest BCUT2D eigenvalue weighted by molar-refractivity contribution is 6.05. The van der Waals surface area contributed by atoms with Crippen molar-refractivity contribution in [2.45, 2.75) is 70.5 Å². The van der Waals surface area contributed by atoms with Crippen LogP contribution in [0.5, 0.6) is 5.75 Å². The summed E-state index contributed by atoms with van der Waals surface area (Å²) in [5.41, 5.74) is 3.17. The SMILES string of the molecule is CC(C)c1ccccc1C(=O)N1CCCC[C@@H]1COc1ccc2c(c1)CN(C1CCC(=O)NC1=O)C2=O. The molecule has 8 nitrogen and oxygen atoms in total. The van der Waals surface area contributed by atoms with Crippen LogP contribution in [-0.4, -0.2) is 58.7 Å². The van der Waals surface area contributed by atoms with E-state index < -0.39 is 11.9 Å². The largest absolute Gasteiger partial charge is 0.491 e. The molecule has 0 radical (unpaired) electrons. The van der Waals surface area contributed by atoms with Gasteiger partial charge in [0, 0.05) is 30.6 Å². The number of likely N-dealkylation sites (tertiary alicyclic amines) is 1. The Morgan fingerprint density at radius 1 is 1.08 bits per heavy atom. The molecule has 5 rings (SSSR count). The van der Waals surface area contributed by atoms with E-state index in [9.17, 15) is 19.2 Å². The second-order valence-electron chi connectivity index (χ2n) is 10.4. The first kappa shape index (κ1) is 25.0. The number of amides is 4. The predicted octanol–water partition coefficient (Wildman–Crippen LogP) is 3.64. The number of carbonyl (C=O) groups excluding carboxylic acids is 4. The number of rotatable bonds is 6. The quantitative estimate of drug-likeness (QED) is 0.607. The van der Waals surface area contributed by atoms with Crippen molar-refractivity contribution in [1.82, 2.24) is 15.1 Å². The summed E-state index contributed by atoms with van der Waals surface area (Å²) in [6, 6.07) is 12.5. The molecule has 1 N–H and O–H groups in total. The van der Waals surface area contributed by atoms with Crippen molar-refractivity contribution in [2.24, 2.45) is 0 Å². The lowest BCUT2D eigenvalue weighted by Crippen LogP contribution is -2.52. The lowest BCUT2D eigenvalue weighted by molar-refractivity contribution is -0.136. The zero-order chi connectivity index (χ0) is 26.1. The molecule has 2 aromatic rings. The smallest absolute Gasteiger partial charge is 0.255 e. The van der Waals surface area contributed by atoms with Crippen molar-refractivity contribution < 1.29 is 23.9 Å². The van der Waals surface area contributed by atoms with Crippen LogP contribution in [0.4, 0.5) is 0 Å². The number of fused-ring (bicyclic) bond motifs is 1. The molecule has 2 atom stereocenters. The van der Waals surface area contributed by atoms with Crippen LogP contribution >= 0.6 is 0 Å². The Bertz CT molecular complexity index is 1240. The molecule has 1 unspecified atom stereocenters. The fourth-order valence-electron chi connectivity index (χ4n) is 5.62. The van der Waals surface area contributed by atoms with Gasteiger partial charge >= 0.3 is 0 Å². The van der Waals surface area contributed by atoms with Crippen molar-refractivity contribution in [3.8, 4) is 5.75 Å². The number of ether oxygens (including phenoxy) is 1. The summed E-state index contributed by atoms with van der Waals surface area (Å²) in [6.45, 7) is 5.58. The molecule has 194 valence electrons. The summed E-state index contributed by atoms with van der Waals surface area (Å²) < 4.78 is 6.17. The monoisotopic (exact) mass is 503 g/mol. The van der Waals surface area contributed by atoms with Gasteiger partial charge in [-0.3, -0.25) is 24.5 Å². The summed E-state index contributed by atoms with van der Waals surface area (Å²) in [5.74, 6) is 0.0192. The summed E-state index contributed by atoms with van der Waals surface area (Å²) in [6.07, 6.45) is 3.46. The van der Waals surface area contributed by atoms with Crippen LogP contribution in [0.3, 0.4) is 0 Å². The van der Waals surface area contributed by atoms with Crippen molar-refractivity contribution in [2.75, 3.05) is 13.2 Å². The Labute approximate surface area is 217 Å². The summed E-state index contributed by atoms with van der Waals surface area (Å²) in [7, 11) is 0. The van der Waals surface area contributed by atoms with Crippen molar-refractivity contribution >= 4 is 23.6 Å². The Morgan fingerprint density at radius 2 is 1.89 bits per heavy atom. The van der Waals surface area contributed by atoms with E-state index in [-0.39, 0.29) is 36.1 Å². The minimum absolute atomic E-state index is 0.0312. The number of nitrogens with zero attached hydrogens (tertiary/aromatic N) is 2. The molecule has 0 saturated carbocycles. The average Bonchev–Trinajstić information content (AvgIpc) is 3.22. The third-order valence-electron chi connectivity index (χ3n) is 7.64. The molecular formula is C29H33N3O5. The fourth-order valence-corrected chi connectivity index (χ4v) is 5.62. The number of hydrogen-bond acceptors (Lipinski definition) is 5. The number of nitrogens with one attached hydrogen (secondary N) is 1. The molecule has 4 amide bonds. The van der Waals surface area contributed by atoms with Crippen LogP contribution in [0.15, 0.2) is 42.5 Å². The zero-order valence-corrected chi connectivity index (χ0v) is 21.4. The van der Waals surface area contributed by atoms with E-state index in [4.69, 9.17) is 4.74 Å². The highest BCUT2D eigenvalue weighted by Gasteiger charge is 2.39. The molecule has 2 saturated heterocycles. The fraction of sp³-hybridized carbons (Fsp3) is 0.448. The van der Waals surface area contributed by atoms with Crippen LogP contribution in [-0.2, 0) is 16.1 Å². The van der Waals surface area contributed by atoms with Gasteiger partial charge in [0.05, 0.1) is 6.04 Å². The highest BCUT2D eigenvalue weighted by Crippen LogP contribution is 2.31. The van der Waals surface area contributed by atoms with Crippen LogP contribution in [0.2, 0.25) is 0 Å². The van der Waals surface area contributed by atoms with Crippen molar-refractivity contribution in [3.63, 3.8) is 0 Å². The average molecular weight is 504 g/mol. The maximum absolute atomic E-state index is 13.5. The lowest BCUT2D eigenvalue weighted by Gasteiger charge is -2.36. The van der Waals surface area contributed by atoms with Gasteiger partial charge in [0.1, 0.15) is 18.4 Å². The standard InChI is InChI=1S/C29H33N3O5/c1-18(2)22-8-3-4-9-24(22)29(36)31-14-6-5-7-20(31)17-37-21-10-11-23-19(15-21)16-32(28(23)35)25-12-13-26(33)30-27(25)34/h3-4,8-11,15,18,20,25H,5-7,12-14,16-17H2,1-2H3,(H,30,33,34)/t20-,25?/m1/s1. The normalized spacial score (nSPS) is 21.8. The van der Waals surface area contributed by atoms with Crippen LogP contribution in [0, 0.1) is 0 Å². The topological polar surface area (TPSA) is 96.0 Å². The van der Waals surface area contributed by atoms with Gasteiger partial charge in [-0.2, -0.15) is 0 Å². The third-order valence-corrected chi connectivity index (χ3v) is 7.64. The first-order valence-corrected chi connectivity index (χ1v) is 13.1. The van der Waals surface area contributed by atoms with Crippen LogP contribution in [0.25, 0.3) is 0 Å².